The maximum Gasteiger partial charge on any atom is 0.254 e. The molecule has 0 aliphatic rings. The van der Waals surface area contributed by atoms with Crippen LogP contribution in [0.2, 0.25) is 0 Å². The molecular weight excluding hydrogens is 408 g/mol. The van der Waals surface area contributed by atoms with Crippen molar-refractivity contribution in [2.45, 2.75) is 0 Å². The van der Waals surface area contributed by atoms with Crippen LogP contribution in [0.3, 0.4) is 0 Å². The van der Waals surface area contributed by atoms with Crippen molar-refractivity contribution in [1.29, 1.82) is 0 Å². The van der Waals surface area contributed by atoms with Crippen LogP contribution in [0.15, 0.2) is 33.7 Å². The molecule has 0 aliphatic heterocycles. The Bertz CT molecular complexity index is 878. The molecule has 106 valence electrons. The molecule has 2 heterocycles. The Balaban J connectivity index is 2.13. The zero-order valence-corrected chi connectivity index (χ0v) is 13.3. The number of fused-ring (bicyclic) bond motifs is 1. The number of benzene rings is 1. The summed E-state index contributed by atoms with van der Waals surface area (Å²) in [6.45, 7) is 0. The lowest BCUT2D eigenvalue weighted by atomic mass is 10.0. The normalized spacial score (nSPS) is 11.0. The molecule has 0 aliphatic carbocycles. The van der Waals surface area contributed by atoms with Crippen LogP contribution < -0.4 is 0 Å². The van der Waals surface area contributed by atoms with Gasteiger partial charge in [-0.2, -0.15) is 0 Å². The standard InChI is InChI=1S/C12H6Br2N4O3/c13-7-1-6(10(20)8(14)11(7)21)9(19)5-2-15-12-17-16-4-18(12)3-5/h1-4,20-21H. The highest BCUT2D eigenvalue weighted by Gasteiger charge is 2.21. The van der Waals surface area contributed by atoms with E-state index in [0.717, 1.165) is 0 Å². The van der Waals surface area contributed by atoms with Gasteiger partial charge in [-0.1, -0.05) is 0 Å². The Hall–Kier alpha value is -2.00. The second-order valence-corrected chi connectivity index (χ2v) is 5.77. The highest BCUT2D eigenvalue weighted by molar-refractivity contribution is 9.11. The molecule has 3 rings (SSSR count). The van der Waals surface area contributed by atoms with E-state index in [-0.39, 0.29) is 31.6 Å². The topological polar surface area (TPSA) is 101 Å². The smallest absolute Gasteiger partial charge is 0.254 e. The highest BCUT2D eigenvalue weighted by Crippen LogP contribution is 2.41. The number of phenols is 2. The zero-order chi connectivity index (χ0) is 15.1. The Morgan fingerprint density at radius 2 is 2.00 bits per heavy atom. The molecular formula is C12H6Br2N4O3. The molecule has 0 saturated heterocycles. The van der Waals surface area contributed by atoms with Gasteiger partial charge in [-0.15, -0.1) is 10.2 Å². The van der Waals surface area contributed by atoms with Crippen LogP contribution in [0.1, 0.15) is 15.9 Å². The fourth-order valence-corrected chi connectivity index (χ4v) is 2.90. The van der Waals surface area contributed by atoms with Crippen LogP contribution in [0.25, 0.3) is 5.78 Å². The fraction of sp³-hybridized carbons (Fsp3) is 0. The Morgan fingerprint density at radius 3 is 2.76 bits per heavy atom. The predicted octanol–water partition coefficient (Wildman–Crippen LogP) is 2.29. The van der Waals surface area contributed by atoms with Crippen molar-refractivity contribution in [2.75, 3.05) is 0 Å². The first kappa shape index (κ1) is 14.0. The summed E-state index contributed by atoms with van der Waals surface area (Å²) < 4.78 is 1.82. The molecule has 0 amide bonds. The average Bonchev–Trinajstić information content (AvgIpc) is 2.95. The monoisotopic (exact) mass is 412 g/mol. The molecule has 0 atom stereocenters. The van der Waals surface area contributed by atoms with Crippen LogP contribution in [0.5, 0.6) is 11.5 Å². The molecule has 2 N–H and O–H groups in total. The van der Waals surface area contributed by atoms with E-state index >= 15 is 0 Å². The molecule has 0 radical (unpaired) electrons. The van der Waals surface area contributed by atoms with Crippen molar-refractivity contribution in [2.24, 2.45) is 0 Å². The summed E-state index contributed by atoms with van der Waals surface area (Å²) in [7, 11) is 0. The van der Waals surface area contributed by atoms with Crippen molar-refractivity contribution < 1.29 is 15.0 Å². The van der Waals surface area contributed by atoms with Gasteiger partial charge in [0.15, 0.2) is 5.78 Å². The second kappa shape index (κ2) is 5.08. The first-order chi connectivity index (χ1) is 9.99. The van der Waals surface area contributed by atoms with Crippen LogP contribution in [0, 0.1) is 0 Å². The summed E-state index contributed by atoms with van der Waals surface area (Å²) in [5.41, 5.74) is 0.280. The number of phenolic OH excluding ortho intramolecular Hbond substituents is 2. The van der Waals surface area contributed by atoms with Gasteiger partial charge in [-0.25, -0.2) is 4.98 Å². The number of hydrogen-bond acceptors (Lipinski definition) is 6. The number of rotatable bonds is 2. The molecule has 21 heavy (non-hydrogen) atoms. The lowest BCUT2D eigenvalue weighted by molar-refractivity contribution is 0.103. The molecule has 0 fully saturated rings. The lowest BCUT2D eigenvalue weighted by Gasteiger charge is -2.09. The number of aromatic hydroxyl groups is 2. The van der Waals surface area contributed by atoms with Crippen molar-refractivity contribution in [1.82, 2.24) is 19.6 Å². The number of halogens is 2. The quantitative estimate of drug-likeness (QED) is 0.625. The van der Waals surface area contributed by atoms with Crippen molar-refractivity contribution >= 4 is 43.4 Å². The molecule has 1 aromatic carbocycles. The number of hydrogen-bond donors (Lipinski definition) is 2. The van der Waals surface area contributed by atoms with Gasteiger partial charge in [-0.3, -0.25) is 9.20 Å². The van der Waals surface area contributed by atoms with Crippen LogP contribution in [-0.4, -0.2) is 35.6 Å². The Labute approximate surface area is 134 Å². The third-order valence-corrected chi connectivity index (χ3v) is 4.18. The average molecular weight is 414 g/mol. The molecule has 2 aromatic heterocycles. The fourth-order valence-electron chi connectivity index (χ4n) is 1.77. The summed E-state index contributed by atoms with van der Waals surface area (Å²) >= 11 is 6.15. The maximum absolute atomic E-state index is 12.5. The van der Waals surface area contributed by atoms with E-state index < -0.39 is 5.78 Å². The maximum atomic E-state index is 12.5. The number of carbonyl (C=O) groups is 1. The summed E-state index contributed by atoms with van der Waals surface area (Å²) in [5.74, 6) is -0.609. The molecule has 0 saturated carbocycles. The summed E-state index contributed by atoms with van der Waals surface area (Å²) in [6.07, 6.45) is 4.28. The molecule has 0 spiro atoms. The van der Waals surface area contributed by atoms with Crippen LogP contribution in [0.4, 0.5) is 0 Å². The van der Waals surface area contributed by atoms with Crippen LogP contribution in [-0.2, 0) is 0 Å². The number of nitrogens with zero attached hydrogens (tertiary/aromatic N) is 4. The summed E-state index contributed by atoms with van der Waals surface area (Å²) in [4.78, 5) is 16.5. The van der Waals surface area contributed by atoms with Gasteiger partial charge in [0.2, 0.25) is 0 Å². The van der Waals surface area contributed by atoms with Gasteiger partial charge >= 0.3 is 0 Å². The first-order valence-corrected chi connectivity index (χ1v) is 7.17. The van der Waals surface area contributed by atoms with E-state index in [1.54, 1.807) is 0 Å². The third kappa shape index (κ3) is 2.28. The highest BCUT2D eigenvalue weighted by atomic mass is 79.9. The van der Waals surface area contributed by atoms with E-state index in [2.05, 4.69) is 47.0 Å². The van der Waals surface area contributed by atoms with Gasteiger partial charge < -0.3 is 10.2 Å². The zero-order valence-electron chi connectivity index (χ0n) is 10.2. The van der Waals surface area contributed by atoms with Gasteiger partial charge in [0, 0.05) is 12.4 Å². The Morgan fingerprint density at radius 1 is 1.24 bits per heavy atom. The molecule has 9 heteroatoms. The van der Waals surface area contributed by atoms with Crippen molar-refractivity contribution in [3.05, 3.63) is 44.9 Å². The van der Waals surface area contributed by atoms with Gasteiger partial charge in [0.05, 0.1) is 15.6 Å². The van der Waals surface area contributed by atoms with Gasteiger partial charge in [0.1, 0.15) is 22.3 Å². The first-order valence-electron chi connectivity index (χ1n) is 5.59. The van der Waals surface area contributed by atoms with E-state index in [9.17, 15) is 15.0 Å². The minimum Gasteiger partial charge on any atom is -0.506 e. The summed E-state index contributed by atoms with van der Waals surface area (Å²) in [6, 6.07) is 1.34. The lowest BCUT2D eigenvalue weighted by Crippen LogP contribution is -2.05. The molecule has 0 unspecified atom stereocenters. The van der Waals surface area contributed by atoms with Gasteiger partial charge in [0.25, 0.3) is 5.78 Å². The largest absolute Gasteiger partial charge is 0.506 e. The number of carbonyl (C=O) groups excluding carboxylic acids is 1. The van der Waals surface area contributed by atoms with Crippen molar-refractivity contribution in [3.8, 4) is 11.5 Å². The molecule has 7 nitrogen and oxygen atoms in total. The van der Waals surface area contributed by atoms with Crippen molar-refractivity contribution in [3.63, 3.8) is 0 Å². The minimum absolute atomic E-state index is 0.0285. The van der Waals surface area contributed by atoms with E-state index in [1.807, 2.05) is 0 Å². The predicted molar refractivity (Wildman–Crippen MR) is 79.4 cm³/mol. The summed E-state index contributed by atoms with van der Waals surface area (Å²) in [5, 5.41) is 27.1. The van der Waals surface area contributed by atoms with E-state index in [0.29, 0.717) is 5.78 Å². The number of ketones is 1. The SMILES string of the molecule is O=C(c1cnc2nncn2c1)c1cc(Br)c(O)c(Br)c1O. The van der Waals surface area contributed by atoms with Gasteiger partial charge in [-0.05, 0) is 37.9 Å². The number of aromatic nitrogens is 4. The van der Waals surface area contributed by atoms with E-state index in [4.69, 9.17) is 0 Å². The Kier molecular flexibility index (Phi) is 3.38. The minimum atomic E-state index is -0.447. The van der Waals surface area contributed by atoms with E-state index in [1.165, 1.54) is 29.2 Å². The third-order valence-electron chi connectivity index (χ3n) is 2.83. The molecule has 3 aromatic rings. The molecule has 0 bridgehead atoms. The van der Waals surface area contributed by atoms with Crippen LogP contribution >= 0.6 is 31.9 Å². The second-order valence-electron chi connectivity index (χ2n) is 4.13.